The SMILES string of the molecule is CC1CCC(NS(=O)(=O)c2cc(-c3nnc(C(=O)N4CCCC4)o3)cs2)CC1. The number of carbonyl (C=O) groups excluding carboxylic acids is 1. The number of thiophene rings is 1. The second-order valence-electron chi connectivity index (χ2n) is 7.64. The molecule has 0 bridgehead atoms. The van der Waals surface area contributed by atoms with Gasteiger partial charge in [-0.3, -0.25) is 4.79 Å². The Labute approximate surface area is 168 Å². The van der Waals surface area contributed by atoms with Crippen LogP contribution in [0.2, 0.25) is 0 Å². The lowest BCUT2D eigenvalue weighted by molar-refractivity contribution is 0.0754. The van der Waals surface area contributed by atoms with Gasteiger partial charge in [0.1, 0.15) is 4.21 Å². The second-order valence-corrected chi connectivity index (χ2v) is 10.5. The van der Waals surface area contributed by atoms with Gasteiger partial charge in [-0.05, 0) is 50.5 Å². The molecule has 1 aliphatic carbocycles. The van der Waals surface area contributed by atoms with Gasteiger partial charge in [0.15, 0.2) is 0 Å². The van der Waals surface area contributed by atoms with Crippen molar-refractivity contribution in [3.05, 3.63) is 17.3 Å². The predicted octanol–water partition coefficient (Wildman–Crippen LogP) is 2.89. The molecular formula is C18H24N4O4S2. The molecule has 2 aromatic rings. The van der Waals surface area contributed by atoms with E-state index in [9.17, 15) is 13.2 Å². The number of nitrogens with one attached hydrogen (secondary N) is 1. The van der Waals surface area contributed by atoms with E-state index in [1.807, 2.05) is 0 Å². The number of amides is 1. The van der Waals surface area contributed by atoms with Crippen LogP contribution in [0.4, 0.5) is 0 Å². The summed E-state index contributed by atoms with van der Waals surface area (Å²) < 4.78 is 33.9. The lowest BCUT2D eigenvalue weighted by atomic mass is 9.88. The molecule has 4 rings (SSSR count). The average Bonchev–Trinajstić information content (AvgIpc) is 3.42. The van der Waals surface area contributed by atoms with E-state index in [0.717, 1.165) is 49.9 Å². The van der Waals surface area contributed by atoms with Crippen LogP contribution in [0.3, 0.4) is 0 Å². The molecule has 2 aromatic heterocycles. The Morgan fingerprint density at radius 3 is 2.64 bits per heavy atom. The minimum absolute atomic E-state index is 0.0140. The Morgan fingerprint density at radius 2 is 1.93 bits per heavy atom. The molecule has 8 nitrogen and oxygen atoms in total. The van der Waals surface area contributed by atoms with Crippen molar-refractivity contribution in [2.45, 2.75) is 55.7 Å². The van der Waals surface area contributed by atoms with Crippen molar-refractivity contribution in [3.63, 3.8) is 0 Å². The van der Waals surface area contributed by atoms with Crippen molar-refractivity contribution in [3.8, 4) is 11.5 Å². The number of likely N-dealkylation sites (tertiary alicyclic amines) is 1. The fourth-order valence-electron chi connectivity index (χ4n) is 3.71. The molecule has 0 unspecified atom stereocenters. The van der Waals surface area contributed by atoms with Gasteiger partial charge in [0, 0.05) is 24.5 Å². The van der Waals surface area contributed by atoms with Crippen molar-refractivity contribution in [1.29, 1.82) is 0 Å². The Balaban J connectivity index is 1.46. The van der Waals surface area contributed by atoms with Crippen molar-refractivity contribution in [2.75, 3.05) is 13.1 Å². The fraction of sp³-hybridized carbons (Fsp3) is 0.611. The standard InChI is InChI=1S/C18H24N4O4S2/c1-12-4-6-14(7-5-12)21-28(24,25)15-10-13(11-27-15)16-19-20-17(26-16)18(23)22-8-2-3-9-22/h10-12,14,21H,2-9H2,1H3. The smallest absolute Gasteiger partial charge is 0.311 e. The maximum absolute atomic E-state index is 12.7. The molecule has 2 aliphatic rings. The summed E-state index contributed by atoms with van der Waals surface area (Å²) >= 11 is 1.11. The third kappa shape index (κ3) is 4.13. The first-order chi connectivity index (χ1) is 13.4. The molecule has 0 radical (unpaired) electrons. The Kier molecular flexibility index (Phi) is 5.52. The number of rotatable bonds is 5. The molecule has 1 aliphatic heterocycles. The van der Waals surface area contributed by atoms with Gasteiger partial charge in [-0.15, -0.1) is 21.5 Å². The van der Waals surface area contributed by atoms with E-state index >= 15 is 0 Å². The Morgan fingerprint density at radius 1 is 1.21 bits per heavy atom. The first-order valence-corrected chi connectivity index (χ1v) is 12.0. The fourth-order valence-corrected chi connectivity index (χ4v) is 6.18. The van der Waals surface area contributed by atoms with E-state index in [1.165, 1.54) is 6.07 Å². The molecule has 0 atom stereocenters. The van der Waals surface area contributed by atoms with E-state index in [4.69, 9.17) is 4.42 Å². The summed E-state index contributed by atoms with van der Waals surface area (Å²) in [6.07, 6.45) is 5.77. The zero-order chi connectivity index (χ0) is 19.7. The summed E-state index contributed by atoms with van der Waals surface area (Å²) in [5.74, 6) is 0.491. The van der Waals surface area contributed by atoms with Crippen LogP contribution in [0.15, 0.2) is 20.1 Å². The van der Waals surface area contributed by atoms with Crippen molar-refractivity contribution in [1.82, 2.24) is 19.8 Å². The molecule has 28 heavy (non-hydrogen) atoms. The zero-order valence-corrected chi connectivity index (χ0v) is 17.4. The van der Waals surface area contributed by atoms with Crippen LogP contribution in [0.1, 0.15) is 56.1 Å². The second kappa shape index (κ2) is 7.92. The minimum atomic E-state index is -3.58. The van der Waals surface area contributed by atoms with Crippen molar-refractivity contribution >= 4 is 27.3 Å². The predicted molar refractivity (Wildman–Crippen MR) is 104 cm³/mol. The van der Waals surface area contributed by atoms with E-state index in [2.05, 4.69) is 21.8 Å². The number of carbonyl (C=O) groups is 1. The van der Waals surface area contributed by atoms with Crippen LogP contribution in [0.25, 0.3) is 11.5 Å². The van der Waals surface area contributed by atoms with Crippen LogP contribution >= 0.6 is 11.3 Å². The lowest BCUT2D eigenvalue weighted by Crippen LogP contribution is -2.36. The van der Waals surface area contributed by atoms with Crippen LogP contribution in [0.5, 0.6) is 0 Å². The van der Waals surface area contributed by atoms with E-state index in [1.54, 1.807) is 10.3 Å². The van der Waals surface area contributed by atoms with Crippen molar-refractivity contribution in [2.24, 2.45) is 5.92 Å². The van der Waals surface area contributed by atoms with Gasteiger partial charge in [-0.2, -0.15) is 0 Å². The van der Waals surface area contributed by atoms with Crippen molar-refractivity contribution < 1.29 is 17.6 Å². The van der Waals surface area contributed by atoms with Gasteiger partial charge in [-0.1, -0.05) is 6.92 Å². The molecule has 0 aromatic carbocycles. The van der Waals surface area contributed by atoms with Gasteiger partial charge in [0.25, 0.3) is 0 Å². The van der Waals surface area contributed by atoms with Crippen LogP contribution in [-0.4, -0.2) is 48.6 Å². The van der Waals surface area contributed by atoms with Gasteiger partial charge < -0.3 is 9.32 Å². The summed E-state index contributed by atoms with van der Waals surface area (Å²) in [4.78, 5) is 14.0. The normalized spacial score (nSPS) is 23.2. The van der Waals surface area contributed by atoms with Gasteiger partial charge >= 0.3 is 11.8 Å². The third-order valence-electron chi connectivity index (χ3n) is 5.43. The minimum Gasteiger partial charge on any atom is -0.412 e. The van der Waals surface area contributed by atoms with Crippen LogP contribution in [-0.2, 0) is 10.0 Å². The molecular weight excluding hydrogens is 400 g/mol. The highest BCUT2D eigenvalue weighted by Gasteiger charge is 2.27. The van der Waals surface area contributed by atoms with Crippen LogP contribution in [0, 0.1) is 5.92 Å². The maximum Gasteiger partial charge on any atom is 0.311 e. The molecule has 152 valence electrons. The highest BCUT2D eigenvalue weighted by atomic mass is 32.2. The van der Waals surface area contributed by atoms with E-state index in [-0.39, 0.29) is 27.9 Å². The summed E-state index contributed by atoms with van der Waals surface area (Å²) in [6.45, 7) is 3.59. The van der Waals surface area contributed by atoms with E-state index in [0.29, 0.717) is 24.6 Å². The molecule has 1 N–H and O–H groups in total. The molecule has 10 heteroatoms. The number of hydrogen-bond donors (Lipinski definition) is 1. The molecule has 3 heterocycles. The highest BCUT2D eigenvalue weighted by molar-refractivity contribution is 7.91. The van der Waals surface area contributed by atoms with Crippen LogP contribution < -0.4 is 4.72 Å². The molecule has 1 amide bonds. The lowest BCUT2D eigenvalue weighted by Gasteiger charge is -2.26. The summed E-state index contributed by atoms with van der Waals surface area (Å²) in [5.41, 5.74) is 0.510. The Bertz CT molecular complexity index is 938. The average molecular weight is 425 g/mol. The number of nitrogens with zero attached hydrogens (tertiary/aromatic N) is 3. The summed E-state index contributed by atoms with van der Waals surface area (Å²) in [6, 6.07) is 1.51. The topological polar surface area (TPSA) is 105 Å². The Hall–Kier alpha value is -1.78. The maximum atomic E-state index is 12.7. The summed E-state index contributed by atoms with van der Waals surface area (Å²) in [7, 11) is -3.58. The van der Waals surface area contributed by atoms with Gasteiger partial charge in [-0.25, -0.2) is 13.1 Å². The quantitative estimate of drug-likeness (QED) is 0.791. The van der Waals surface area contributed by atoms with E-state index < -0.39 is 10.0 Å². The largest absolute Gasteiger partial charge is 0.412 e. The number of aromatic nitrogens is 2. The molecule has 1 saturated heterocycles. The summed E-state index contributed by atoms with van der Waals surface area (Å²) in [5, 5.41) is 9.43. The number of hydrogen-bond acceptors (Lipinski definition) is 7. The van der Waals surface area contributed by atoms with Gasteiger partial charge in [0.05, 0.1) is 5.56 Å². The first-order valence-electron chi connectivity index (χ1n) is 9.66. The molecule has 2 fully saturated rings. The molecule has 1 saturated carbocycles. The highest BCUT2D eigenvalue weighted by Crippen LogP contribution is 2.30. The zero-order valence-electron chi connectivity index (χ0n) is 15.8. The van der Waals surface area contributed by atoms with Gasteiger partial charge in [0.2, 0.25) is 15.9 Å². The third-order valence-corrected chi connectivity index (χ3v) is 8.39. The first kappa shape index (κ1) is 19.5. The monoisotopic (exact) mass is 424 g/mol. The number of sulfonamides is 1. The molecule has 0 spiro atoms.